The molecule has 1 saturated heterocycles. The molecule has 0 spiro atoms. The van der Waals surface area contributed by atoms with E-state index in [2.05, 4.69) is 25.0 Å². The van der Waals surface area contributed by atoms with Crippen LogP contribution in [0.3, 0.4) is 0 Å². The van der Waals surface area contributed by atoms with Crippen LogP contribution in [-0.2, 0) is 4.74 Å². The van der Waals surface area contributed by atoms with Crippen molar-refractivity contribution >= 4 is 22.8 Å². The molecule has 2 fully saturated rings. The van der Waals surface area contributed by atoms with E-state index in [1.54, 1.807) is 12.1 Å². The Morgan fingerprint density at radius 1 is 1.03 bits per heavy atom. The Morgan fingerprint density at radius 3 is 2.38 bits per heavy atom. The van der Waals surface area contributed by atoms with Gasteiger partial charge in [0.15, 0.2) is 5.65 Å². The minimum atomic E-state index is -0.447. The van der Waals surface area contributed by atoms with Crippen molar-refractivity contribution in [1.29, 1.82) is 0 Å². The van der Waals surface area contributed by atoms with Crippen LogP contribution in [0.1, 0.15) is 49.5 Å². The summed E-state index contributed by atoms with van der Waals surface area (Å²) >= 11 is 5.77. The van der Waals surface area contributed by atoms with Gasteiger partial charge in [-0.25, -0.2) is 24.3 Å². The molecule has 34 heavy (non-hydrogen) atoms. The number of aromatic nitrogens is 6. The molecule has 178 valence electrons. The maximum absolute atomic E-state index is 14.1. The molecular weight excluding hydrogens is 455 g/mol. The summed E-state index contributed by atoms with van der Waals surface area (Å²) in [5, 5.41) is 4.43. The van der Waals surface area contributed by atoms with Gasteiger partial charge < -0.3 is 4.74 Å². The SMILES string of the molecule is C1CCOCC1.Cc1nc2ncnc(-c3ccc(Cl)cc3F)c2nc1C.c1cnn(C2CC2)c1. The molecule has 1 aliphatic carbocycles. The van der Waals surface area contributed by atoms with Crippen molar-refractivity contribution in [2.45, 2.75) is 52.0 Å². The zero-order valence-electron chi connectivity index (χ0n) is 19.4. The van der Waals surface area contributed by atoms with Crippen LogP contribution in [0, 0.1) is 19.7 Å². The first-order valence-electron chi connectivity index (χ1n) is 11.5. The Balaban J connectivity index is 0.000000158. The van der Waals surface area contributed by atoms with Gasteiger partial charge in [0.1, 0.15) is 23.4 Å². The monoisotopic (exact) mass is 482 g/mol. The third-order valence-corrected chi connectivity index (χ3v) is 5.82. The lowest BCUT2D eigenvalue weighted by Crippen LogP contribution is -2.03. The fourth-order valence-electron chi connectivity index (χ4n) is 3.44. The first-order valence-corrected chi connectivity index (χ1v) is 11.9. The Kier molecular flexibility index (Phi) is 8.13. The van der Waals surface area contributed by atoms with Gasteiger partial charge in [0.25, 0.3) is 0 Å². The molecule has 6 rings (SSSR count). The fourth-order valence-corrected chi connectivity index (χ4v) is 3.60. The van der Waals surface area contributed by atoms with Crippen LogP contribution in [0.4, 0.5) is 4.39 Å². The van der Waals surface area contributed by atoms with Gasteiger partial charge in [-0.15, -0.1) is 0 Å². The summed E-state index contributed by atoms with van der Waals surface area (Å²) in [7, 11) is 0. The number of halogens is 2. The number of hydrogen-bond donors (Lipinski definition) is 0. The molecule has 4 heterocycles. The van der Waals surface area contributed by atoms with Crippen molar-refractivity contribution in [3.05, 3.63) is 65.2 Å². The predicted octanol–water partition coefficient (Wildman–Crippen LogP) is 5.90. The molecule has 3 aromatic heterocycles. The van der Waals surface area contributed by atoms with Crippen molar-refractivity contribution in [3.8, 4) is 11.3 Å². The van der Waals surface area contributed by atoms with Crippen molar-refractivity contribution in [3.63, 3.8) is 0 Å². The van der Waals surface area contributed by atoms with Crippen LogP contribution in [0.15, 0.2) is 43.0 Å². The molecule has 0 amide bonds. The van der Waals surface area contributed by atoms with Crippen molar-refractivity contribution in [2.24, 2.45) is 0 Å². The zero-order chi connectivity index (χ0) is 23.9. The van der Waals surface area contributed by atoms with Crippen molar-refractivity contribution in [2.75, 3.05) is 13.2 Å². The number of fused-ring (bicyclic) bond motifs is 1. The second-order valence-corrected chi connectivity index (χ2v) is 8.74. The summed E-state index contributed by atoms with van der Waals surface area (Å²) in [6.07, 6.45) is 11.8. The van der Waals surface area contributed by atoms with Crippen molar-refractivity contribution < 1.29 is 9.13 Å². The zero-order valence-corrected chi connectivity index (χ0v) is 20.2. The van der Waals surface area contributed by atoms with Gasteiger partial charge in [0.05, 0.1) is 17.4 Å². The van der Waals surface area contributed by atoms with Crippen LogP contribution in [-0.4, -0.2) is 42.9 Å². The van der Waals surface area contributed by atoms with Crippen LogP contribution >= 0.6 is 11.6 Å². The molecule has 4 aromatic rings. The second kappa shape index (κ2) is 11.4. The molecule has 0 atom stereocenters. The summed E-state index contributed by atoms with van der Waals surface area (Å²) in [6.45, 7) is 5.70. The van der Waals surface area contributed by atoms with Gasteiger partial charge in [-0.1, -0.05) is 11.6 Å². The van der Waals surface area contributed by atoms with E-state index in [9.17, 15) is 4.39 Å². The van der Waals surface area contributed by atoms with E-state index in [1.807, 2.05) is 37.0 Å². The lowest BCUT2D eigenvalue weighted by atomic mass is 10.1. The normalized spacial score (nSPS) is 15.2. The molecule has 0 unspecified atom stereocenters. The molecule has 0 radical (unpaired) electrons. The van der Waals surface area contributed by atoms with E-state index in [-0.39, 0.29) is 0 Å². The summed E-state index contributed by atoms with van der Waals surface area (Å²) in [6, 6.07) is 7.15. The van der Waals surface area contributed by atoms with E-state index >= 15 is 0 Å². The average molecular weight is 483 g/mol. The third kappa shape index (κ3) is 6.33. The van der Waals surface area contributed by atoms with Crippen LogP contribution in [0.25, 0.3) is 22.4 Å². The highest BCUT2D eigenvalue weighted by Gasteiger charge is 2.23. The number of benzene rings is 1. The highest BCUT2D eigenvalue weighted by Crippen LogP contribution is 2.33. The molecule has 1 aromatic carbocycles. The summed E-state index contributed by atoms with van der Waals surface area (Å²) < 4.78 is 21.1. The minimum absolute atomic E-state index is 0.333. The fraction of sp³-hybridized carbons (Fsp3) is 0.400. The number of rotatable bonds is 2. The lowest BCUT2D eigenvalue weighted by molar-refractivity contribution is 0.0968. The lowest BCUT2D eigenvalue weighted by Gasteiger charge is -2.08. The van der Waals surface area contributed by atoms with E-state index < -0.39 is 5.82 Å². The molecule has 1 saturated carbocycles. The van der Waals surface area contributed by atoms with Crippen LogP contribution in [0.2, 0.25) is 5.02 Å². The van der Waals surface area contributed by atoms with Crippen molar-refractivity contribution in [1.82, 2.24) is 29.7 Å². The third-order valence-electron chi connectivity index (χ3n) is 5.59. The molecule has 0 bridgehead atoms. The molecule has 7 nitrogen and oxygen atoms in total. The number of hydrogen-bond acceptors (Lipinski definition) is 6. The summed E-state index contributed by atoms with van der Waals surface area (Å²) in [5.41, 5.74) is 3.24. The van der Waals surface area contributed by atoms with Gasteiger partial charge in [-0.3, -0.25) is 4.68 Å². The standard InChI is InChI=1S/C14H10ClFN4.C6H8N2.C5H10O/c1-7-8(2)20-14-13(19-7)12(17-6-18-14)10-4-3-9(15)5-11(10)16;1-4-7-8(5-1)6-2-3-6;1-2-4-6-5-3-1/h3-6H,1-2H3;1,4-6H,2-3H2;1-5H2. The Morgan fingerprint density at radius 2 is 1.79 bits per heavy atom. The second-order valence-electron chi connectivity index (χ2n) is 8.30. The van der Waals surface area contributed by atoms with E-state index in [4.69, 9.17) is 16.3 Å². The molecule has 2 aliphatic rings. The van der Waals surface area contributed by atoms with Gasteiger partial charge in [0, 0.05) is 36.2 Å². The topological polar surface area (TPSA) is 78.6 Å². The maximum Gasteiger partial charge on any atom is 0.182 e. The first-order chi connectivity index (χ1) is 16.5. The molecule has 1 aliphatic heterocycles. The smallest absolute Gasteiger partial charge is 0.182 e. The number of ether oxygens (including phenoxy) is 1. The Hall–Kier alpha value is -2.97. The van der Waals surface area contributed by atoms with Gasteiger partial charge >= 0.3 is 0 Å². The quantitative estimate of drug-likeness (QED) is 0.354. The van der Waals surface area contributed by atoms with Crippen LogP contribution in [0.5, 0.6) is 0 Å². The van der Waals surface area contributed by atoms with Gasteiger partial charge in [-0.2, -0.15) is 5.10 Å². The largest absolute Gasteiger partial charge is 0.381 e. The molecule has 0 N–H and O–H groups in total. The Bertz CT molecular complexity index is 1210. The van der Waals surface area contributed by atoms with E-state index in [0.29, 0.717) is 27.4 Å². The highest BCUT2D eigenvalue weighted by molar-refractivity contribution is 6.30. The summed E-state index contributed by atoms with van der Waals surface area (Å²) in [4.78, 5) is 17.0. The van der Waals surface area contributed by atoms with Gasteiger partial charge in [0.2, 0.25) is 0 Å². The van der Waals surface area contributed by atoms with E-state index in [0.717, 1.165) is 30.6 Å². The maximum atomic E-state index is 14.1. The van der Waals surface area contributed by atoms with Gasteiger partial charge in [-0.05, 0) is 70.2 Å². The molecular formula is C25H28ClFN6O. The minimum Gasteiger partial charge on any atom is -0.381 e. The number of nitrogens with zero attached hydrogens (tertiary/aromatic N) is 6. The molecule has 9 heteroatoms. The average Bonchev–Trinajstić information content (AvgIpc) is 3.55. The first kappa shape index (κ1) is 24.2. The Labute approximate surface area is 203 Å². The van der Waals surface area contributed by atoms with E-state index in [1.165, 1.54) is 44.5 Å². The van der Waals surface area contributed by atoms with Crippen LogP contribution < -0.4 is 0 Å². The summed E-state index contributed by atoms with van der Waals surface area (Å²) in [5.74, 6) is -0.447. The predicted molar refractivity (Wildman–Crippen MR) is 130 cm³/mol. The highest BCUT2D eigenvalue weighted by atomic mass is 35.5. The number of aryl methyl sites for hydroxylation is 2.